The second-order valence-electron chi connectivity index (χ2n) is 7.13. The standard InChI is InChI=1S/C22H24N2O5/c25-21(10-8-15-7-9-19-20(12-15)29-14-28-19)24-18-6-2-1-5-17(18)22(26)23-13-16-4-3-11-27-16/h1-2,5-7,9,12,16H,3-4,8,10-11,13-14H2,(H,23,26)(H,24,25)/t16-/m1/s1. The van der Waals surface area contributed by atoms with E-state index in [-0.39, 0.29) is 24.7 Å². The monoisotopic (exact) mass is 396 g/mol. The number of aryl methyl sites for hydroxylation is 1. The number of anilines is 1. The van der Waals surface area contributed by atoms with E-state index in [1.807, 2.05) is 18.2 Å². The van der Waals surface area contributed by atoms with E-state index < -0.39 is 0 Å². The summed E-state index contributed by atoms with van der Waals surface area (Å²) in [6.45, 7) is 1.45. The smallest absolute Gasteiger partial charge is 0.253 e. The zero-order chi connectivity index (χ0) is 20.1. The van der Waals surface area contributed by atoms with Crippen molar-refractivity contribution < 1.29 is 23.8 Å². The van der Waals surface area contributed by atoms with Gasteiger partial charge in [0.25, 0.3) is 5.91 Å². The largest absolute Gasteiger partial charge is 0.454 e. The number of rotatable bonds is 7. The second kappa shape index (κ2) is 8.96. The Bertz CT molecular complexity index is 893. The lowest BCUT2D eigenvalue weighted by Crippen LogP contribution is -2.32. The van der Waals surface area contributed by atoms with Crippen molar-refractivity contribution in [2.45, 2.75) is 31.8 Å². The third-order valence-corrected chi connectivity index (χ3v) is 5.04. The van der Waals surface area contributed by atoms with Crippen LogP contribution in [0.25, 0.3) is 0 Å². The third kappa shape index (κ3) is 4.86. The van der Waals surface area contributed by atoms with Gasteiger partial charge in [-0.15, -0.1) is 0 Å². The van der Waals surface area contributed by atoms with Gasteiger partial charge in [0.2, 0.25) is 12.7 Å². The molecule has 7 heteroatoms. The van der Waals surface area contributed by atoms with Gasteiger partial charge in [-0.05, 0) is 49.1 Å². The van der Waals surface area contributed by atoms with Gasteiger partial charge in [-0.1, -0.05) is 18.2 Å². The minimum atomic E-state index is -0.216. The van der Waals surface area contributed by atoms with E-state index in [0.29, 0.717) is 36.4 Å². The van der Waals surface area contributed by atoms with Crippen molar-refractivity contribution in [3.8, 4) is 11.5 Å². The highest BCUT2D eigenvalue weighted by atomic mass is 16.7. The molecule has 0 spiro atoms. The first-order valence-electron chi connectivity index (χ1n) is 9.86. The van der Waals surface area contributed by atoms with Crippen molar-refractivity contribution in [1.29, 1.82) is 0 Å². The average Bonchev–Trinajstić information content (AvgIpc) is 3.42. The quantitative estimate of drug-likeness (QED) is 0.752. The number of hydrogen-bond acceptors (Lipinski definition) is 5. The molecule has 0 aliphatic carbocycles. The van der Waals surface area contributed by atoms with Crippen LogP contribution < -0.4 is 20.1 Å². The lowest BCUT2D eigenvalue weighted by Gasteiger charge is -2.14. The number of amides is 2. The van der Waals surface area contributed by atoms with Crippen LogP contribution in [0.5, 0.6) is 11.5 Å². The number of fused-ring (bicyclic) bond motifs is 1. The summed E-state index contributed by atoms with van der Waals surface area (Å²) < 4.78 is 16.2. The number of hydrogen-bond donors (Lipinski definition) is 2. The molecule has 4 rings (SSSR count). The summed E-state index contributed by atoms with van der Waals surface area (Å²) in [5.41, 5.74) is 1.95. The van der Waals surface area contributed by atoms with Crippen LogP contribution in [0.15, 0.2) is 42.5 Å². The predicted octanol–water partition coefficient (Wildman–Crippen LogP) is 2.90. The fourth-order valence-electron chi connectivity index (χ4n) is 3.46. The predicted molar refractivity (Wildman–Crippen MR) is 107 cm³/mol. The molecule has 1 saturated heterocycles. The molecule has 0 radical (unpaired) electrons. The van der Waals surface area contributed by atoms with Crippen molar-refractivity contribution in [3.05, 3.63) is 53.6 Å². The first-order chi connectivity index (χ1) is 14.2. The highest BCUT2D eigenvalue weighted by Gasteiger charge is 2.19. The molecule has 0 saturated carbocycles. The van der Waals surface area contributed by atoms with E-state index in [1.165, 1.54) is 0 Å². The van der Waals surface area contributed by atoms with Crippen LogP contribution in [0.1, 0.15) is 35.2 Å². The molecule has 152 valence electrons. The summed E-state index contributed by atoms with van der Waals surface area (Å²) in [7, 11) is 0. The Kier molecular flexibility index (Phi) is 5.95. The van der Waals surface area contributed by atoms with Gasteiger partial charge in [0.1, 0.15) is 0 Å². The highest BCUT2D eigenvalue weighted by molar-refractivity contribution is 6.03. The zero-order valence-corrected chi connectivity index (χ0v) is 16.1. The molecule has 2 amide bonds. The van der Waals surface area contributed by atoms with E-state index in [9.17, 15) is 9.59 Å². The topological polar surface area (TPSA) is 85.9 Å². The molecule has 0 unspecified atom stereocenters. The van der Waals surface area contributed by atoms with Crippen LogP contribution in [0.4, 0.5) is 5.69 Å². The second-order valence-corrected chi connectivity index (χ2v) is 7.13. The van der Waals surface area contributed by atoms with Crippen LogP contribution in [0.3, 0.4) is 0 Å². The summed E-state index contributed by atoms with van der Waals surface area (Å²) in [5, 5.41) is 5.75. The molecular formula is C22H24N2O5. The Morgan fingerprint density at radius 1 is 1.07 bits per heavy atom. The first-order valence-corrected chi connectivity index (χ1v) is 9.86. The fraction of sp³-hybridized carbons (Fsp3) is 0.364. The molecule has 2 aliphatic rings. The molecular weight excluding hydrogens is 372 g/mol. The summed E-state index contributed by atoms with van der Waals surface area (Å²) >= 11 is 0. The van der Waals surface area contributed by atoms with Crippen molar-refractivity contribution >= 4 is 17.5 Å². The lowest BCUT2D eigenvalue weighted by atomic mass is 10.1. The normalized spacial score (nSPS) is 17.2. The molecule has 0 aromatic heterocycles. The number of carbonyl (C=O) groups excluding carboxylic acids is 2. The van der Waals surface area contributed by atoms with E-state index in [1.54, 1.807) is 24.3 Å². The van der Waals surface area contributed by atoms with E-state index in [0.717, 1.165) is 30.8 Å². The van der Waals surface area contributed by atoms with E-state index in [2.05, 4.69) is 10.6 Å². The van der Waals surface area contributed by atoms with Crippen molar-refractivity contribution in [3.63, 3.8) is 0 Å². The molecule has 29 heavy (non-hydrogen) atoms. The maximum absolute atomic E-state index is 12.5. The zero-order valence-electron chi connectivity index (χ0n) is 16.1. The van der Waals surface area contributed by atoms with Gasteiger partial charge in [0, 0.05) is 19.6 Å². The van der Waals surface area contributed by atoms with Crippen LogP contribution >= 0.6 is 0 Å². The maximum atomic E-state index is 12.5. The summed E-state index contributed by atoms with van der Waals surface area (Å²) in [6, 6.07) is 12.7. The lowest BCUT2D eigenvalue weighted by molar-refractivity contribution is -0.116. The summed E-state index contributed by atoms with van der Waals surface area (Å²) in [4.78, 5) is 25.0. The van der Waals surface area contributed by atoms with Gasteiger partial charge in [-0.2, -0.15) is 0 Å². The van der Waals surface area contributed by atoms with Crippen molar-refractivity contribution in [2.24, 2.45) is 0 Å². The number of benzene rings is 2. The van der Waals surface area contributed by atoms with Gasteiger partial charge in [-0.25, -0.2) is 0 Å². The fourth-order valence-corrected chi connectivity index (χ4v) is 3.46. The summed E-state index contributed by atoms with van der Waals surface area (Å²) in [6.07, 6.45) is 2.92. The van der Waals surface area contributed by atoms with Crippen molar-refractivity contribution in [1.82, 2.24) is 5.32 Å². The van der Waals surface area contributed by atoms with E-state index >= 15 is 0 Å². The Morgan fingerprint density at radius 2 is 1.93 bits per heavy atom. The number of ether oxygens (including phenoxy) is 3. The molecule has 2 heterocycles. The number of para-hydroxylation sites is 1. The molecule has 1 fully saturated rings. The molecule has 2 aromatic rings. The van der Waals surface area contributed by atoms with Gasteiger partial charge in [0.05, 0.1) is 17.4 Å². The minimum absolute atomic E-state index is 0.0717. The van der Waals surface area contributed by atoms with Crippen LogP contribution in [-0.2, 0) is 16.0 Å². The third-order valence-electron chi connectivity index (χ3n) is 5.04. The number of nitrogens with one attached hydrogen (secondary N) is 2. The van der Waals surface area contributed by atoms with Crippen LogP contribution in [0.2, 0.25) is 0 Å². The minimum Gasteiger partial charge on any atom is -0.454 e. The van der Waals surface area contributed by atoms with Gasteiger partial charge < -0.3 is 24.8 Å². The summed E-state index contributed by atoms with van der Waals surface area (Å²) in [5.74, 6) is 1.06. The molecule has 7 nitrogen and oxygen atoms in total. The Hall–Kier alpha value is -3.06. The average molecular weight is 396 g/mol. The highest BCUT2D eigenvalue weighted by Crippen LogP contribution is 2.32. The first kappa shape index (κ1) is 19.3. The SMILES string of the molecule is O=C(CCc1ccc2c(c1)OCO2)Nc1ccccc1C(=O)NC[C@H]1CCCO1. The maximum Gasteiger partial charge on any atom is 0.253 e. The Balaban J connectivity index is 1.32. The van der Waals surface area contributed by atoms with Gasteiger partial charge in [-0.3, -0.25) is 9.59 Å². The van der Waals surface area contributed by atoms with Gasteiger partial charge >= 0.3 is 0 Å². The van der Waals surface area contributed by atoms with Crippen LogP contribution in [0, 0.1) is 0 Å². The van der Waals surface area contributed by atoms with Crippen LogP contribution in [-0.4, -0.2) is 37.9 Å². The van der Waals surface area contributed by atoms with Crippen molar-refractivity contribution in [2.75, 3.05) is 25.3 Å². The Morgan fingerprint density at radius 3 is 2.79 bits per heavy atom. The molecule has 2 aromatic carbocycles. The molecule has 1 atom stereocenters. The van der Waals surface area contributed by atoms with E-state index in [4.69, 9.17) is 14.2 Å². The Labute approximate surface area is 169 Å². The number of carbonyl (C=O) groups is 2. The molecule has 2 N–H and O–H groups in total. The molecule has 0 bridgehead atoms. The van der Waals surface area contributed by atoms with Gasteiger partial charge in [0.15, 0.2) is 11.5 Å². The molecule has 2 aliphatic heterocycles.